The van der Waals surface area contributed by atoms with Gasteiger partial charge in [0, 0.05) is 36.8 Å². The molecule has 0 atom stereocenters. The highest BCUT2D eigenvalue weighted by Gasteiger charge is 2.23. The molecule has 168 valence electrons. The third-order valence-electron chi connectivity index (χ3n) is 6.28. The van der Waals surface area contributed by atoms with Gasteiger partial charge in [0.1, 0.15) is 5.69 Å². The zero-order valence-corrected chi connectivity index (χ0v) is 19.0. The van der Waals surface area contributed by atoms with Crippen molar-refractivity contribution in [1.82, 2.24) is 14.5 Å². The minimum Gasteiger partial charge on any atom is -0.370 e. The number of hydrogen-bond donors (Lipinski definition) is 2. The summed E-state index contributed by atoms with van der Waals surface area (Å²) in [5.41, 5.74) is 11.3. The summed E-state index contributed by atoms with van der Waals surface area (Å²) in [6.07, 6.45) is 3.11. The van der Waals surface area contributed by atoms with Crippen LogP contribution in [0.4, 0.5) is 11.5 Å². The molecule has 2 aromatic heterocycles. The van der Waals surface area contributed by atoms with E-state index >= 15 is 0 Å². The van der Waals surface area contributed by atoms with E-state index in [1.165, 1.54) is 5.56 Å². The standard InChI is InChI=1S/C26H28N6O/c1-17-15-20-19(24(27)33)11-8-13-22(20)32(17)26-29-21-12-6-7-14-31(2)23(21)25(30-26)28-16-18-9-4-3-5-10-18/h3-5,8-11,13,15H,6-7,12,14,16H2,1-2H3,(H2,27,33)(H,28,29,30). The molecule has 0 saturated carbocycles. The van der Waals surface area contributed by atoms with Crippen LogP contribution in [0, 0.1) is 6.92 Å². The third-order valence-corrected chi connectivity index (χ3v) is 6.28. The van der Waals surface area contributed by atoms with Gasteiger partial charge in [0.05, 0.1) is 11.2 Å². The molecule has 3 heterocycles. The van der Waals surface area contributed by atoms with Gasteiger partial charge in [-0.25, -0.2) is 4.98 Å². The first-order valence-corrected chi connectivity index (χ1v) is 11.3. The van der Waals surface area contributed by atoms with Gasteiger partial charge in [0.15, 0.2) is 5.82 Å². The second kappa shape index (κ2) is 8.58. The summed E-state index contributed by atoms with van der Waals surface area (Å²) in [4.78, 5) is 24.3. The SMILES string of the molecule is Cc1cc2c(C(N)=O)cccc2n1-c1nc2c(c(NCc3ccccc3)n1)N(C)CCCC2. The van der Waals surface area contributed by atoms with Gasteiger partial charge in [-0.1, -0.05) is 36.4 Å². The average molecular weight is 441 g/mol. The first-order valence-electron chi connectivity index (χ1n) is 11.3. The van der Waals surface area contributed by atoms with E-state index in [2.05, 4.69) is 29.4 Å². The van der Waals surface area contributed by atoms with Crippen molar-refractivity contribution in [2.75, 3.05) is 23.8 Å². The van der Waals surface area contributed by atoms with Crippen LogP contribution in [0.25, 0.3) is 16.9 Å². The van der Waals surface area contributed by atoms with E-state index in [1.807, 2.05) is 47.9 Å². The molecular weight excluding hydrogens is 412 g/mol. The molecule has 3 N–H and O–H groups in total. The molecular formula is C26H28N6O. The van der Waals surface area contributed by atoms with Gasteiger partial charge < -0.3 is 16.0 Å². The Labute approximate surface area is 193 Å². The van der Waals surface area contributed by atoms with Crippen molar-refractivity contribution in [2.24, 2.45) is 5.73 Å². The number of rotatable bonds is 5. The number of nitrogens with two attached hydrogens (primary N) is 1. The molecule has 1 aliphatic heterocycles. The lowest BCUT2D eigenvalue weighted by Gasteiger charge is -2.23. The Bertz CT molecular complexity index is 1330. The maximum absolute atomic E-state index is 12.0. The fourth-order valence-electron chi connectivity index (χ4n) is 4.67. The highest BCUT2D eigenvalue weighted by Crippen LogP contribution is 2.33. The zero-order chi connectivity index (χ0) is 22.9. The van der Waals surface area contributed by atoms with E-state index in [0.29, 0.717) is 18.1 Å². The van der Waals surface area contributed by atoms with Gasteiger partial charge >= 0.3 is 0 Å². The molecule has 0 unspecified atom stereocenters. The van der Waals surface area contributed by atoms with Crippen molar-refractivity contribution in [2.45, 2.75) is 32.7 Å². The number of hydrogen-bond acceptors (Lipinski definition) is 5. The number of nitrogens with zero attached hydrogens (tertiary/aromatic N) is 4. The molecule has 7 heteroatoms. The van der Waals surface area contributed by atoms with Gasteiger partial charge in [-0.3, -0.25) is 9.36 Å². The number of fused-ring (bicyclic) bond motifs is 2. The van der Waals surface area contributed by atoms with Crippen LogP contribution in [-0.4, -0.2) is 34.0 Å². The van der Waals surface area contributed by atoms with Crippen LogP contribution in [0.2, 0.25) is 0 Å². The third kappa shape index (κ3) is 3.91. The molecule has 2 aromatic carbocycles. The van der Waals surface area contributed by atoms with Gasteiger partial charge in [-0.2, -0.15) is 4.98 Å². The highest BCUT2D eigenvalue weighted by molar-refractivity contribution is 6.06. The predicted molar refractivity (Wildman–Crippen MR) is 132 cm³/mol. The number of primary amides is 1. The van der Waals surface area contributed by atoms with E-state index in [1.54, 1.807) is 6.07 Å². The molecule has 5 rings (SSSR count). The first-order chi connectivity index (χ1) is 16.0. The minimum atomic E-state index is -0.438. The fraction of sp³-hybridized carbons (Fsp3) is 0.269. The van der Waals surface area contributed by atoms with Crippen LogP contribution >= 0.6 is 0 Å². The van der Waals surface area contributed by atoms with Crippen LogP contribution in [0.5, 0.6) is 0 Å². The van der Waals surface area contributed by atoms with Crippen molar-refractivity contribution in [1.29, 1.82) is 0 Å². The lowest BCUT2D eigenvalue weighted by atomic mass is 10.1. The number of carbonyl (C=O) groups excluding carboxylic acids is 1. The molecule has 0 bridgehead atoms. The van der Waals surface area contributed by atoms with Crippen LogP contribution in [0.1, 0.15) is 40.2 Å². The summed E-state index contributed by atoms with van der Waals surface area (Å²) in [7, 11) is 2.11. The molecule has 1 aliphatic rings. The maximum Gasteiger partial charge on any atom is 0.249 e. The van der Waals surface area contributed by atoms with Gasteiger partial charge in [-0.05, 0) is 49.9 Å². The average Bonchev–Trinajstić information content (AvgIpc) is 3.04. The van der Waals surface area contributed by atoms with Crippen LogP contribution < -0.4 is 16.0 Å². The summed E-state index contributed by atoms with van der Waals surface area (Å²) in [5.74, 6) is 0.997. The number of carbonyl (C=O) groups is 1. The number of amides is 1. The monoisotopic (exact) mass is 440 g/mol. The van der Waals surface area contributed by atoms with Crippen LogP contribution in [0.15, 0.2) is 54.6 Å². The second-order valence-corrected chi connectivity index (χ2v) is 8.61. The number of aryl methyl sites for hydroxylation is 2. The largest absolute Gasteiger partial charge is 0.370 e. The highest BCUT2D eigenvalue weighted by atomic mass is 16.1. The van der Waals surface area contributed by atoms with E-state index in [-0.39, 0.29) is 0 Å². The normalized spacial score (nSPS) is 13.6. The maximum atomic E-state index is 12.0. The van der Waals surface area contributed by atoms with E-state index in [0.717, 1.165) is 59.6 Å². The molecule has 0 spiro atoms. The summed E-state index contributed by atoms with van der Waals surface area (Å²) in [6, 6.07) is 17.9. The first kappa shape index (κ1) is 21.0. The number of nitrogens with one attached hydrogen (secondary N) is 1. The lowest BCUT2D eigenvalue weighted by molar-refractivity contribution is 0.100. The van der Waals surface area contributed by atoms with Crippen molar-refractivity contribution in [3.05, 3.63) is 77.1 Å². The Morgan fingerprint density at radius 1 is 1.09 bits per heavy atom. The summed E-state index contributed by atoms with van der Waals surface area (Å²) < 4.78 is 2.01. The molecule has 33 heavy (non-hydrogen) atoms. The number of benzene rings is 2. The molecule has 0 saturated heterocycles. The molecule has 7 nitrogen and oxygen atoms in total. The van der Waals surface area contributed by atoms with Crippen LogP contribution in [0.3, 0.4) is 0 Å². The topological polar surface area (TPSA) is 89.1 Å². The Morgan fingerprint density at radius 2 is 1.91 bits per heavy atom. The Balaban J connectivity index is 1.66. The number of anilines is 2. The quantitative estimate of drug-likeness (QED) is 0.485. The van der Waals surface area contributed by atoms with Crippen molar-refractivity contribution in [3.63, 3.8) is 0 Å². The van der Waals surface area contributed by atoms with E-state index in [9.17, 15) is 4.79 Å². The summed E-state index contributed by atoms with van der Waals surface area (Å²) in [5, 5.41) is 4.38. The van der Waals surface area contributed by atoms with Crippen LogP contribution in [-0.2, 0) is 13.0 Å². The molecule has 0 fully saturated rings. The van der Waals surface area contributed by atoms with E-state index < -0.39 is 5.91 Å². The lowest BCUT2D eigenvalue weighted by Crippen LogP contribution is -2.22. The predicted octanol–water partition coefficient (Wildman–Crippen LogP) is 4.21. The molecule has 4 aromatic rings. The molecule has 0 radical (unpaired) electrons. The number of aromatic nitrogens is 3. The van der Waals surface area contributed by atoms with Crippen molar-refractivity contribution in [3.8, 4) is 5.95 Å². The van der Waals surface area contributed by atoms with Gasteiger partial charge in [0.2, 0.25) is 11.9 Å². The molecule has 1 amide bonds. The minimum absolute atomic E-state index is 0.438. The van der Waals surface area contributed by atoms with Crippen molar-refractivity contribution >= 4 is 28.3 Å². The zero-order valence-electron chi connectivity index (χ0n) is 19.0. The smallest absolute Gasteiger partial charge is 0.249 e. The van der Waals surface area contributed by atoms with Crippen molar-refractivity contribution < 1.29 is 4.79 Å². The Kier molecular flexibility index (Phi) is 5.46. The summed E-state index contributed by atoms with van der Waals surface area (Å²) in [6.45, 7) is 3.65. The van der Waals surface area contributed by atoms with Gasteiger partial charge in [0.25, 0.3) is 0 Å². The Hall–Kier alpha value is -3.87. The fourth-order valence-corrected chi connectivity index (χ4v) is 4.67. The van der Waals surface area contributed by atoms with E-state index in [4.69, 9.17) is 15.7 Å². The second-order valence-electron chi connectivity index (χ2n) is 8.61. The Morgan fingerprint density at radius 3 is 2.70 bits per heavy atom. The van der Waals surface area contributed by atoms with Gasteiger partial charge in [-0.15, -0.1) is 0 Å². The molecule has 0 aliphatic carbocycles. The summed E-state index contributed by atoms with van der Waals surface area (Å²) >= 11 is 0.